The summed E-state index contributed by atoms with van der Waals surface area (Å²) in [5.74, 6) is -1.12. The summed E-state index contributed by atoms with van der Waals surface area (Å²) < 4.78 is 24.1. The number of rotatable bonds is 8. The molecule has 0 aliphatic heterocycles. The summed E-state index contributed by atoms with van der Waals surface area (Å²) in [4.78, 5) is 10.3. The molecule has 20 heavy (non-hydrogen) atoms. The van der Waals surface area contributed by atoms with Crippen LogP contribution in [-0.4, -0.2) is 31.9 Å². The van der Waals surface area contributed by atoms with E-state index in [0.29, 0.717) is 19.4 Å². The van der Waals surface area contributed by atoms with Gasteiger partial charge in [0, 0.05) is 6.42 Å². The van der Waals surface area contributed by atoms with Crippen LogP contribution in [0.25, 0.3) is 0 Å². The van der Waals surface area contributed by atoms with Crippen molar-refractivity contribution in [2.24, 2.45) is 0 Å². The van der Waals surface area contributed by atoms with Gasteiger partial charge < -0.3 is 10.4 Å². The molecule has 0 bridgehead atoms. The van der Waals surface area contributed by atoms with Crippen LogP contribution in [0.15, 0.2) is 23.1 Å². The van der Waals surface area contributed by atoms with Gasteiger partial charge in [-0.3, -0.25) is 4.79 Å². The first-order valence-electron chi connectivity index (χ1n) is 5.94. The van der Waals surface area contributed by atoms with E-state index in [2.05, 4.69) is 5.32 Å². The van der Waals surface area contributed by atoms with Crippen LogP contribution >= 0.6 is 23.2 Å². The van der Waals surface area contributed by atoms with E-state index in [1.54, 1.807) is 0 Å². The van der Waals surface area contributed by atoms with E-state index in [0.717, 1.165) is 0 Å². The molecule has 1 aromatic rings. The molecule has 0 amide bonds. The van der Waals surface area contributed by atoms with Crippen LogP contribution in [-0.2, 0) is 14.6 Å². The Kier molecular flexibility index (Phi) is 6.75. The van der Waals surface area contributed by atoms with E-state index in [1.165, 1.54) is 18.2 Å². The smallest absolute Gasteiger partial charge is 0.303 e. The predicted molar refractivity (Wildman–Crippen MR) is 78.0 cm³/mol. The van der Waals surface area contributed by atoms with Gasteiger partial charge >= 0.3 is 5.97 Å². The summed E-state index contributed by atoms with van der Waals surface area (Å²) >= 11 is 11.7. The Morgan fingerprint density at radius 2 is 1.95 bits per heavy atom. The zero-order valence-electron chi connectivity index (χ0n) is 10.6. The quantitative estimate of drug-likeness (QED) is 0.711. The summed E-state index contributed by atoms with van der Waals surface area (Å²) in [7, 11) is -3.56. The van der Waals surface area contributed by atoms with E-state index in [9.17, 15) is 13.2 Å². The fourth-order valence-electron chi connectivity index (χ4n) is 1.53. The minimum Gasteiger partial charge on any atom is -0.481 e. The zero-order chi connectivity index (χ0) is 15.2. The lowest BCUT2D eigenvalue weighted by atomic mass is 10.2. The number of benzene rings is 1. The molecule has 0 aliphatic carbocycles. The number of sulfone groups is 1. The Bertz CT molecular complexity index is 575. The first-order chi connectivity index (χ1) is 9.34. The van der Waals surface area contributed by atoms with Crippen LogP contribution in [0.5, 0.6) is 0 Å². The van der Waals surface area contributed by atoms with Crippen LogP contribution in [0.3, 0.4) is 0 Å². The highest BCUT2D eigenvalue weighted by molar-refractivity contribution is 7.91. The summed E-state index contributed by atoms with van der Waals surface area (Å²) in [6.07, 6.45) is 1.17. The van der Waals surface area contributed by atoms with Gasteiger partial charge in [0.15, 0.2) is 9.84 Å². The number of aliphatic carboxylic acids is 1. The number of carboxylic acids is 1. The van der Waals surface area contributed by atoms with Crippen molar-refractivity contribution in [3.8, 4) is 0 Å². The van der Waals surface area contributed by atoms with Gasteiger partial charge in [-0.1, -0.05) is 29.3 Å². The zero-order valence-corrected chi connectivity index (χ0v) is 12.9. The Labute approximate surface area is 127 Å². The van der Waals surface area contributed by atoms with Crippen molar-refractivity contribution in [2.75, 3.05) is 12.4 Å². The lowest BCUT2D eigenvalue weighted by molar-refractivity contribution is -0.137. The largest absolute Gasteiger partial charge is 0.481 e. The molecule has 5 nitrogen and oxygen atoms in total. The number of nitrogens with one attached hydrogen (secondary N) is 1. The minimum absolute atomic E-state index is 0.00953. The van der Waals surface area contributed by atoms with Crippen molar-refractivity contribution in [2.45, 2.75) is 24.2 Å². The summed E-state index contributed by atoms with van der Waals surface area (Å²) in [6, 6.07) is 4.44. The van der Waals surface area contributed by atoms with Crippen molar-refractivity contribution in [1.82, 2.24) is 5.32 Å². The molecule has 0 radical (unpaired) electrons. The Hall–Kier alpha value is -0.820. The van der Waals surface area contributed by atoms with Crippen molar-refractivity contribution >= 4 is 39.0 Å². The van der Waals surface area contributed by atoms with Gasteiger partial charge in [-0.25, -0.2) is 8.42 Å². The molecule has 1 aromatic carbocycles. The van der Waals surface area contributed by atoms with Gasteiger partial charge in [-0.15, -0.1) is 0 Å². The molecule has 0 saturated heterocycles. The summed E-state index contributed by atoms with van der Waals surface area (Å²) in [5.41, 5.74) is 0. The van der Waals surface area contributed by atoms with Crippen LogP contribution in [0.1, 0.15) is 19.3 Å². The van der Waals surface area contributed by atoms with Gasteiger partial charge in [0.05, 0.1) is 14.9 Å². The minimum atomic E-state index is -3.56. The topological polar surface area (TPSA) is 83.5 Å². The maximum absolute atomic E-state index is 12.0. The van der Waals surface area contributed by atoms with Gasteiger partial charge in [-0.05, 0) is 31.5 Å². The van der Waals surface area contributed by atoms with Gasteiger partial charge in [0.25, 0.3) is 0 Å². The molecule has 0 aromatic heterocycles. The third-order valence-corrected chi connectivity index (χ3v) is 5.06. The average molecular weight is 340 g/mol. The first-order valence-corrected chi connectivity index (χ1v) is 8.34. The van der Waals surface area contributed by atoms with Crippen LogP contribution in [0, 0.1) is 0 Å². The van der Waals surface area contributed by atoms with Gasteiger partial charge in [-0.2, -0.15) is 0 Å². The predicted octanol–water partition coefficient (Wildman–Crippen LogP) is 2.57. The second-order valence-corrected chi connectivity index (χ2v) is 6.91. The lowest BCUT2D eigenvalue weighted by Crippen LogP contribution is -2.24. The molecule has 0 atom stereocenters. The third kappa shape index (κ3) is 5.28. The lowest BCUT2D eigenvalue weighted by Gasteiger charge is -2.08. The molecule has 0 unspecified atom stereocenters. The van der Waals surface area contributed by atoms with E-state index in [-0.39, 0.29) is 27.2 Å². The Balaban J connectivity index is 2.50. The molecular formula is C12H15Cl2NO4S. The highest BCUT2D eigenvalue weighted by Crippen LogP contribution is 2.29. The first kappa shape index (κ1) is 17.2. The fraction of sp³-hybridized carbons (Fsp3) is 0.417. The highest BCUT2D eigenvalue weighted by Gasteiger charge is 2.18. The molecule has 0 heterocycles. The van der Waals surface area contributed by atoms with Crippen LogP contribution in [0.4, 0.5) is 0 Å². The summed E-state index contributed by atoms with van der Waals surface area (Å²) in [5, 5.41) is 11.4. The van der Waals surface area contributed by atoms with Gasteiger partial charge in [0.1, 0.15) is 5.88 Å². The molecule has 0 aliphatic rings. The molecule has 112 valence electrons. The molecule has 0 fully saturated rings. The molecule has 0 spiro atoms. The summed E-state index contributed by atoms with van der Waals surface area (Å²) in [6.45, 7) is 0.421. The number of carbonyl (C=O) groups is 1. The maximum atomic E-state index is 12.0. The third-order valence-electron chi connectivity index (χ3n) is 2.54. The number of hydrogen-bond donors (Lipinski definition) is 2. The molecule has 1 rings (SSSR count). The average Bonchev–Trinajstić information content (AvgIpc) is 2.36. The number of unbranched alkanes of at least 4 members (excludes halogenated alkanes) is 1. The van der Waals surface area contributed by atoms with E-state index < -0.39 is 15.8 Å². The van der Waals surface area contributed by atoms with Crippen molar-refractivity contribution < 1.29 is 18.3 Å². The number of halogens is 2. The monoisotopic (exact) mass is 339 g/mol. The highest BCUT2D eigenvalue weighted by atomic mass is 35.5. The Morgan fingerprint density at radius 1 is 1.25 bits per heavy atom. The molecule has 0 saturated carbocycles. The SMILES string of the molecule is O=C(O)CCCCNCS(=O)(=O)c1cccc(Cl)c1Cl. The molecule has 8 heteroatoms. The normalized spacial score (nSPS) is 11.5. The van der Waals surface area contributed by atoms with Crippen molar-refractivity contribution in [3.05, 3.63) is 28.2 Å². The van der Waals surface area contributed by atoms with Gasteiger partial charge in [0.2, 0.25) is 0 Å². The molecular weight excluding hydrogens is 325 g/mol. The second kappa shape index (κ2) is 7.83. The van der Waals surface area contributed by atoms with Crippen molar-refractivity contribution in [1.29, 1.82) is 0 Å². The van der Waals surface area contributed by atoms with E-state index >= 15 is 0 Å². The van der Waals surface area contributed by atoms with Crippen LogP contribution in [0.2, 0.25) is 10.0 Å². The van der Waals surface area contributed by atoms with E-state index in [4.69, 9.17) is 28.3 Å². The second-order valence-electron chi connectivity index (χ2n) is 4.16. The standard InChI is InChI=1S/C12H15Cl2NO4S/c13-9-4-3-5-10(12(9)14)20(18,19)8-15-7-2-1-6-11(16)17/h3-5,15H,1-2,6-8H2,(H,16,17). The maximum Gasteiger partial charge on any atom is 0.303 e. The van der Waals surface area contributed by atoms with E-state index in [1.807, 2.05) is 0 Å². The fourth-order valence-corrected chi connectivity index (χ4v) is 3.48. The number of carboxylic acid groups (broad SMARTS) is 1. The molecule has 2 N–H and O–H groups in total. The van der Waals surface area contributed by atoms with Crippen LogP contribution < -0.4 is 5.32 Å². The Morgan fingerprint density at radius 3 is 2.60 bits per heavy atom. The van der Waals surface area contributed by atoms with Crippen molar-refractivity contribution in [3.63, 3.8) is 0 Å². The number of hydrogen-bond acceptors (Lipinski definition) is 4.